The van der Waals surface area contributed by atoms with Gasteiger partial charge in [-0.3, -0.25) is 4.98 Å². The first-order chi connectivity index (χ1) is 6.86. The van der Waals surface area contributed by atoms with E-state index < -0.39 is 0 Å². The van der Waals surface area contributed by atoms with Crippen LogP contribution in [-0.2, 0) is 5.88 Å². The molecule has 2 rings (SSSR count). The Morgan fingerprint density at radius 2 is 2.36 bits per heavy atom. The van der Waals surface area contributed by atoms with Crippen LogP contribution in [0.5, 0.6) is 0 Å². The van der Waals surface area contributed by atoms with Crippen LogP contribution in [0.2, 0.25) is 0 Å². The molecule has 0 atom stereocenters. The summed E-state index contributed by atoms with van der Waals surface area (Å²) in [5.74, 6) is 0.548. The van der Waals surface area contributed by atoms with E-state index in [0.717, 1.165) is 18.2 Å². The van der Waals surface area contributed by atoms with Crippen molar-refractivity contribution < 1.29 is 0 Å². The molecule has 3 heteroatoms. The zero-order valence-corrected chi connectivity index (χ0v) is 9.17. The first-order valence-corrected chi connectivity index (χ1v) is 5.65. The minimum Gasteiger partial charge on any atom is -0.368 e. The predicted molar refractivity (Wildman–Crippen MR) is 59.8 cm³/mol. The number of aromatic nitrogens is 1. The molecule has 0 N–H and O–H groups in total. The monoisotopic (exact) mass is 210 g/mol. The summed E-state index contributed by atoms with van der Waals surface area (Å²) in [6, 6.07) is 2.81. The lowest BCUT2D eigenvalue weighted by Gasteiger charge is -2.24. The average Bonchev–Trinajstić information content (AvgIpc) is 3.04. The number of nitrogens with zero attached hydrogens (tertiary/aromatic N) is 2. The normalized spacial score (nSPS) is 15.6. The van der Waals surface area contributed by atoms with E-state index in [-0.39, 0.29) is 0 Å². The van der Waals surface area contributed by atoms with Gasteiger partial charge >= 0.3 is 0 Å². The first-order valence-electron chi connectivity index (χ1n) is 5.12. The second kappa shape index (κ2) is 4.18. The number of halogens is 1. The van der Waals surface area contributed by atoms with Gasteiger partial charge in [0.15, 0.2) is 0 Å². The maximum atomic E-state index is 5.89. The molecule has 0 saturated heterocycles. The van der Waals surface area contributed by atoms with Crippen molar-refractivity contribution in [3.05, 3.63) is 24.0 Å². The molecule has 1 fully saturated rings. The third-order valence-electron chi connectivity index (χ3n) is 2.66. The van der Waals surface area contributed by atoms with Crippen LogP contribution in [0.15, 0.2) is 18.5 Å². The molecule has 0 aromatic carbocycles. The fourth-order valence-electron chi connectivity index (χ4n) is 1.81. The van der Waals surface area contributed by atoms with E-state index in [1.807, 2.05) is 12.4 Å². The highest BCUT2D eigenvalue weighted by Gasteiger charge is 2.28. The third kappa shape index (κ3) is 1.85. The molecule has 1 aliphatic rings. The van der Waals surface area contributed by atoms with Crippen LogP contribution in [0.4, 0.5) is 5.69 Å². The van der Waals surface area contributed by atoms with Crippen molar-refractivity contribution >= 4 is 17.3 Å². The molecule has 76 valence electrons. The van der Waals surface area contributed by atoms with E-state index in [0.29, 0.717) is 5.88 Å². The quantitative estimate of drug-likeness (QED) is 0.711. The van der Waals surface area contributed by atoms with Crippen LogP contribution in [0.25, 0.3) is 0 Å². The summed E-state index contributed by atoms with van der Waals surface area (Å²) in [7, 11) is 0. The summed E-state index contributed by atoms with van der Waals surface area (Å²) >= 11 is 5.89. The largest absolute Gasteiger partial charge is 0.368 e. The summed E-state index contributed by atoms with van der Waals surface area (Å²) in [6.45, 7) is 3.25. The lowest BCUT2D eigenvalue weighted by molar-refractivity contribution is 0.820. The lowest BCUT2D eigenvalue weighted by atomic mass is 10.2. The number of hydrogen-bond acceptors (Lipinski definition) is 2. The molecule has 0 radical (unpaired) electrons. The number of hydrogen-bond donors (Lipinski definition) is 0. The number of rotatable bonds is 4. The van der Waals surface area contributed by atoms with Crippen molar-refractivity contribution in [2.45, 2.75) is 31.7 Å². The van der Waals surface area contributed by atoms with E-state index in [2.05, 4.69) is 22.9 Å². The van der Waals surface area contributed by atoms with E-state index in [1.165, 1.54) is 18.5 Å². The Morgan fingerprint density at radius 1 is 1.57 bits per heavy atom. The average molecular weight is 211 g/mol. The Hall–Kier alpha value is -0.760. The first kappa shape index (κ1) is 9.78. The fourth-order valence-corrected chi connectivity index (χ4v) is 2.02. The molecule has 1 saturated carbocycles. The van der Waals surface area contributed by atoms with Crippen molar-refractivity contribution in [3.63, 3.8) is 0 Å². The van der Waals surface area contributed by atoms with Gasteiger partial charge < -0.3 is 4.90 Å². The summed E-state index contributed by atoms with van der Waals surface area (Å²) in [5, 5.41) is 0. The number of pyridine rings is 1. The highest BCUT2D eigenvalue weighted by molar-refractivity contribution is 6.17. The van der Waals surface area contributed by atoms with Gasteiger partial charge in [0.25, 0.3) is 0 Å². The summed E-state index contributed by atoms with van der Waals surface area (Å²) in [4.78, 5) is 6.53. The SMILES string of the molecule is CCN(c1ccncc1CCl)C1CC1. The number of alkyl halides is 1. The van der Waals surface area contributed by atoms with Gasteiger partial charge in [-0.25, -0.2) is 0 Å². The summed E-state index contributed by atoms with van der Waals surface area (Å²) in [5.41, 5.74) is 2.41. The van der Waals surface area contributed by atoms with Crippen LogP contribution in [0, 0.1) is 0 Å². The van der Waals surface area contributed by atoms with Crippen LogP contribution in [0.1, 0.15) is 25.3 Å². The maximum Gasteiger partial charge on any atom is 0.0509 e. The Kier molecular flexibility index (Phi) is 2.92. The second-order valence-electron chi connectivity index (χ2n) is 3.66. The van der Waals surface area contributed by atoms with E-state index in [1.54, 1.807) is 0 Å². The van der Waals surface area contributed by atoms with E-state index in [9.17, 15) is 0 Å². The topological polar surface area (TPSA) is 16.1 Å². The van der Waals surface area contributed by atoms with Gasteiger partial charge in [-0.2, -0.15) is 0 Å². The van der Waals surface area contributed by atoms with Crippen LogP contribution in [-0.4, -0.2) is 17.6 Å². The van der Waals surface area contributed by atoms with Crippen LogP contribution in [0.3, 0.4) is 0 Å². The van der Waals surface area contributed by atoms with Gasteiger partial charge in [-0.15, -0.1) is 11.6 Å². The molecule has 2 nitrogen and oxygen atoms in total. The molecular formula is C11H15ClN2. The molecule has 0 amide bonds. The maximum absolute atomic E-state index is 5.89. The Bertz CT molecular complexity index is 310. The van der Waals surface area contributed by atoms with Crippen molar-refractivity contribution in [2.24, 2.45) is 0 Å². The van der Waals surface area contributed by atoms with Gasteiger partial charge in [0, 0.05) is 36.2 Å². The summed E-state index contributed by atoms with van der Waals surface area (Å²) < 4.78 is 0. The van der Waals surface area contributed by atoms with Gasteiger partial charge in [-0.05, 0) is 25.8 Å². The molecule has 0 bridgehead atoms. The fraction of sp³-hybridized carbons (Fsp3) is 0.545. The third-order valence-corrected chi connectivity index (χ3v) is 2.95. The zero-order valence-electron chi connectivity index (χ0n) is 8.41. The van der Waals surface area contributed by atoms with E-state index >= 15 is 0 Å². The van der Waals surface area contributed by atoms with Gasteiger partial charge in [0.1, 0.15) is 0 Å². The minimum absolute atomic E-state index is 0.548. The number of anilines is 1. The van der Waals surface area contributed by atoms with Gasteiger partial charge in [0.2, 0.25) is 0 Å². The lowest BCUT2D eigenvalue weighted by Crippen LogP contribution is -2.26. The Labute approximate surface area is 89.9 Å². The standard InChI is InChI=1S/C11H15ClN2/c1-2-14(10-3-4-10)11-5-6-13-8-9(11)7-12/h5-6,8,10H,2-4,7H2,1H3. The van der Waals surface area contributed by atoms with Crippen LogP contribution >= 0.6 is 11.6 Å². The van der Waals surface area contributed by atoms with Crippen molar-refractivity contribution in [1.82, 2.24) is 4.98 Å². The molecule has 1 aromatic heterocycles. The van der Waals surface area contributed by atoms with E-state index in [4.69, 9.17) is 11.6 Å². The van der Waals surface area contributed by atoms with Crippen molar-refractivity contribution in [2.75, 3.05) is 11.4 Å². The molecule has 0 spiro atoms. The molecule has 1 heterocycles. The Morgan fingerprint density at radius 3 is 2.93 bits per heavy atom. The predicted octanol–water partition coefficient (Wildman–Crippen LogP) is 2.81. The van der Waals surface area contributed by atoms with Crippen molar-refractivity contribution in [1.29, 1.82) is 0 Å². The highest BCUT2D eigenvalue weighted by atomic mass is 35.5. The Balaban J connectivity index is 2.27. The smallest absolute Gasteiger partial charge is 0.0509 e. The highest BCUT2D eigenvalue weighted by Crippen LogP contribution is 2.33. The van der Waals surface area contributed by atoms with Gasteiger partial charge in [0.05, 0.1) is 5.88 Å². The minimum atomic E-state index is 0.548. The van der Waals surface area contributed by atoms with Crippen molar-refractivity contribution in [3.8, 4) is 0 Å². The molecule has 0 aliphatic heterocycles. The second-order valence-corrected chi connectivity index (χ2v) is 3.92. The van der Waals surface area contributed by atoms with Gasteiger partial charge in [-0.1, -0.05) is 0 Å². The molecule has 0 unspecified atom stereocenters. The molecule has 1 aliphatic carbocycles. The molecular weight excluding hydrogens is 196 g/mol. The van der Waals surface area contributed by atoms with Crippen LogP contribution < -0.4 is 4.90 Å². The zero-order chi connectivity index (χ0) is 9.97. The molecule has 1 aromatic rings. The summed E-state index contributed by atoms with van der Waals surface area (Å²) in [6.07, 6.45) is 6.35. The molecule has 14 heavy (non-hydrogen) atoms.